The maximum absolute atomic E-state index is 12.3. The van der Waals surface area contributed by atoms with E-state index in [4.69, 9.17) is 0 Å². The van der Waals surface area contributed by atoms with Gasteiger partial charge in [-0.05, 0) is 36.1 Å². The molecule has 1 aliphatic rings. The second kappa shape index (κ2) is 8.31. The Morgan fingerprint density at radius 1 is 1.42 bits per heavy atom. The number of guanidine groups is 1. The minimum Gasteiger partial charge on any atom is -0.356 e. The van der Waals surface area contributed by atoms with Crippen LogP contribution in [0.2, 0.25) is 0 Å². The summed E-state index contributed by atoms with van der Waals surface area (Å²) in [5.74, 6) is 0.733. The van der Waals surface area contributed by atoms with Gasteiger partial charge >= 0.3 is 0 Å². The van der Waals surface area contributed by atoms with Crippen molar-refractivity contribution in [1.29, 1.82) is 0 Å². The lowest BCUT2D eigenvalue weighted by atomic mass is 9.67. The second-order valence-electron chi connectivity index (χ2n) is 6.32. The standard InChI is InChI=1S/C16H28N4O2S2/c1-4-16(8-6-9-16)13-19-15(17-2)18-10-11-20(3)24(21,22)14-7-5-12-23-14/h5,7,12H,4,6,8-11,13H2,1-3H3,(H2,17,18,19). The van der Waals surface area contributed by atoms with E-state index in [1.807, 2.05) is 0 Å². The summed E-state index contributed by atoms with van der Waals surface area (Å²) in [5.41, 5.74) is 0.414. The van der Waals surface area contributed by atoms with Crippen LogP contribution in [0.4, 0.5) is 0 Å². The lowest BCUT2D eigenvalue weighted by Gasteiger charge is -2.41. The Hall–Kier alpha value is -1.12. The minimum atomic E-state index is -3.38. The summed E-state index contributed by atoms with van der Waals surface area (Å²) < 4.78 is 26.4. The fourth-order valence-electron chi connectivity index (χ4n) is 2.84. The molecule has 8 heteroatoms. The molecule has 0 aromatic carbocycles. The topological polar surface area (TPSA) is 73.8 Å². The molecule has 6 nitrogen and oxygen atoms in total. The first-order valence-electron chi connectivity index (χ1n) is 8.38. The average molecular weight is 373 g/mol. The van der Waals surface area contributed by atoms with Gasteiger partial charge in [0.1, 0.15) is 4.21 Å². The molecule has 0 bridgehead atoms. The van der Waals surface area contributed by atoms with Gasteiger partial charge in [0.15, 0.2) is 5.96 Å². The zero-order valence-corrected chi connectivity index (χ0v) is 16.3. The van der Waals surface area contributed by atoms with E-state index in [0.29, 0.717) is 22.7 Å². The third kappa shape index (κ3) is 4.49. The molecule has 2 N–H and O–H groups in total. The summed E-state index contributed by atoms with van der Waals surface area (Å²) in [5, 5.41) is 8.35. The summed E-state index contributed by atoms with van der Waals surface area (Å²) in [6, 6.07) is 3.38. The van der Waals surface area contributed by atoms with Crippen molar-refractivity contribution >= 4 is 27.3 Å². The lowest BCUT2D eigenvalue weighted by Crippen LogP contribution is -2.47. The molecule has 0 unspecified atom stereocenters. The molecule has 2 rings (SSSR count). The largest absolute Gasteiger partial charge is 0.356 e. The first kappa shape index (κ1) is 19.2. The molecular formula is C16H28N4O2S2. The van der Waals surface area contributed by atoms with E-state index in [0.717, 1.165) is 12.5 Å². The van der Waals surface area contributed by atoms with Gasteiger partial charge < -0.3 is 10.6 Å². The van der Waals surface area contributed by atoms with Crippen LogP contribution in [0, 0.1) is 5.41 Å². The minimum absolute atomic E-state index is 0.377. The fraction of sp³-hybridized carbons (Fsp3) is 0.688. The van der Waals surface area contributed by atoms with Gasteiger partial charge in [0, 0.05) is 33.7 Å². The Morgan fingerprint density at radius 2 is 2.17 bits per heavy atom. The van der Waals surface area contributed by atoms with Crippen molar-refractivity contribution in [2.45, 2.75) is 36.8 Å². The number of hydrogen-bond donors (Lipinski definition) is 2. The molecule has 0 amide bonds. The maximum Gasteiger partial charge on any atom is 0.252 e. The number of aliphatic imine (C=N–C) groups is 1. The van der Waals surface area contributed by atoms with Gasteiger partial charge in [-0.25, -0.2) is 8.42 Å². The molecule has 0 atom stereocenters. The van der Waals surface area contributed by atoms with Crippen molar-refractivity contribution < 1.29 is 8.42 Å². The van der Waals surface area contributed by atoms with Crippen LogP contribution in [0.5, 0.6) is 0 Å². The van der Waals surface area contributed by atoms with Crippen molar-refractivity contribution in [3.05, 3.63) is 17.5 Å². The highest BCUT2D eigenvalue weighted by Gasteiger charge is 2.34. The second-order valence-corrected chi connectivity index (χ2v) is 9.54. The highest BCUT2D eigenvalue weighted by atomic mass is 32.2. The van der Waals surface area contributed by atoms with E-state index in [1.54, 1.807) is 31.6 Å². The Kier molecular flexibility index (Phi) is 6.65. The number of likely N-dealkylation sites (N-methyl/N-ethyl adjacent to an activating group) is 1. The lowest BCUT2D eigenvalue weighted by molar-refractivity contribution is 0.131. The number of hydrogen-bond acceptors (Lipinski definition) is 4. The number of thiophene rings is 1. The molecule has 1 fully saturated rings. The van der Waals surface area contributed by atoms with Gasteiger partial charge in [0.25, 0.3) is 10.0 Å². The highest BCUT2D eigenvalue weighted by Crippen LogP contribution is 2.42. The maximum atomic E-state index is 12.3. The number of sulfonamides is 1. The number of rotatable bonds is 8. The van der Waals surface area contributed by atoms with Crippen molar-refractivity contribution in [3.8, 4) is 0 Å². The molecule has 0 spiro atoms. The molecule has 24 heavy (non-hydrogen) atoms. The zero-order valence-electron chi connectivity index (χ0n) is 14.7. The Labute approximate surface area is 149 Å². The predicted octanol–water partition coefficient (Wildman–Crippen LogP) is 2.11. The van der Waals surface area contributed by atoms with Gasteiger partial charge in [-0.1, -0.05) is 19.4 Å². The van der Waals surface area contributed by atoms with E-state index in [9.17, 15) is 8.42 Å². The van der Waals surface area contributed by atoms with Gasteiger partial charge in [-0.2, -0.15) is 4.31 Å². The zero-order chi connectivity index (χ0) is 17.6. The Balaban J connectivity index is 1.77. The molecule has 1 heterocycles. The monoisotopic (exact) mass is 372 g/mol. The Morgan fingerprint density at radius 3 is 2.67 bits per heavy atom. The highest BCUT2D eigenvalue weighted by molar-refractivity contribution is 7.91. The van der Waals surface area contributed by atoms with Crippen LogP contribution in [-0.4, -0.2) is 52.4 Å². The van der Waals surface area contributed by atoms with Crippen LogP contribution in [0.1, 0.15) is 32.6 Å². The molecule has 0 radical (unpaired) electrons. The first-order chi connectivity index (χ1) is 11.4. The van der Waals surface area contributed by atoms with Crippen LogP contribution >= 0.6 is 11.3 Å². The molecule has 0 saturated heterocycles. The van der Waals surface area contributed by atoms with Crippen LogP contribution in [0.3, 0.4) is 0 Å². The first-order valence-corrected chi connectivity index (χ1v) is 10.7. The van der Waals surface area contributed by atoms with Crippen molar-refractivity contribution in [2.75, 3.05) is 33.7 Å². The van der Waals surface area contributed by atoms with Gasteiger partial charge in [0.05, 0.1) is 0 Å². The van der Waals surface area contributed by atoms with Crippen LogP contribution < -0.4 is 10.6 Å². The smallest absolute Gasteiger partial charge is 0.252 e. The van der Waals surface area contributed by atoms with Crippen molar-refractivity contribution in [3.63, 3.8) is 0 Å². The fourth-order valence-corrected chi connectivity index (χ4v) is 5.21. The van der Waals surface area contributed by atoms with E-state index in [-0.39, 0.29) is 0 Å². The van der Waals surface area contributed by atoms with Crippen LogP contribution in [0.15, 0.2) is 26.7 Å². The summed E-state index contributed by atoms with van der Waals surface area (Å²) in [6.45, 7) is 4.06. The van der Waals surface area contributed by atoms with E-state index < -0.39 is 10.0 Å². The van der Waals surface area contributed by atoms with Gasteiger partial charge in [-0.3, -0.25) is 4.99 Å². The summed E-state index contributed by atoms with van der Waals surface area (Å²) in [7, 11) is -0.0416. The summed E-state index contributed by atoms with van der Waals surface area (Å²) >= 11 is 1.24. The molecule has 1 saturated carbocycles. The van der Waals surface area contributed by atoms with Crippen molar-refractivity contribution in [2.24, 2.45) is 10.4 Å². The molecular weight excluding hydrogens is 344 g/mol. The molecule has 136 valence electrons. The van der Waals surface area contributed by atoms with Gasteiger partial charge in [-0.15, -0.1) is 11.3 Å². The van der Waals surface area contributed by atoms with Crippen LogP contribution in [0.25, 0.3) is 0 Å². The quantitative estimate of drug-likeness (QED) is 0.541. The third-order valence-corrected chi connectivity index (χ3v) is 8.13. The summed E-state index contributed by atoms with van der Waals surface area (Å²) in [6.07, 6.45) is 5.04. The third-order valence-electron chi connectivity index (χ3n) is 4.90. The molecule has 1 aromatic rings. The molecule has 0 aliphatic heterocycles. The van der Waals surface area contributed by atoms with Crippen LogP contribution in [-0.2, 0) is 10.0 Å². The SMILES string of the molecule is CCC1(CNC(=NC)NCCN(C)S(=O)(=O)c2cccs2)CCC1. The van der Waals surface area contributed by atoms with Crippen molar-refractivity contribution in [1.82, 2.24) is 14.9 Å². The normalized spacial score (nSPS) is 17.6. The van der Waals surface area contributed by atoms with E-state index >= 15 is 0 Å². The predicted molar refractivity (Wildman–Crippen MR) is 100 cm³/mol. The average Bonchev–Trinajstić information content (AvgIpc) is 3.07. The number of nitrogens with one attached hydrogen (secondary N) is 2. The van der Waals surface area contributed by atoms with E-state index in [2.05, 4.69) is 22.5 Å². The Bertz CT molecular complexity index is 632. The van der Waals surface area contributed by atoms with Gasteiger partial charge in [0.2, 0.25) is 0 Å². The van der Waals surface area contributed by atoms with E-state index in [1.165, 1.54) is 41.3 Å². The molecule has 1 aliphatic carbocycles. The number of nitrogens with zero attached hydrogens (tertiary/aromatic N) is 2. The molecule has 1 aromatic heterocycles. The summed E-state index contributed by atoms with van der Waals surface area (Å²) in [4.78, 5) is 4.22.